The van der Waals surface area contributed by atoms with Crippen LogP contribution in [0.2, 0.25) is 5.02 Å². The maximum Gasteiger partial charge on any atom is 0.137 e. The first-order chi connectivity index (χ1) is 17.1. The Morgan fingerprint density at radius 1 is 1.06 bits per heavy atom. The maximum absolute atomic E-state index is 6.07. The first kappa shape index (κ1) is 23.5. The van der Waals surface area contributed by atoms with E-state index >= 15 is 0 Å². The number of aryl methyl sites for hydroxylation is 1. The number of ether oxygens (including phenoxy) is 1. The number of anilines is 2. The Bertz CT molecular complexity index is 1300. The number of fused-ring (bicyclic) bond motifs is 1. The van der Waals surface area contributed by atoms with Crippen LogP contribution in [-0.4, -0.2) is 23.6 Å². The van der Waals surface area contributed by atoms with Crippen LogP contribution in [-0.2, 0) is 6.54 Å². The fraction of sp³-hybridized carbons (Fsp3) is 0.214. The van der Waals surface area contributed by atoms with Gasteiger partial charge in [0.25, 0.3) is 0 Å². The van der Waals surface area contributed by atoms with Gasteiger partial charge in [0, 0.05) is 45.4 Å². The number of para-hydroxylation sites is 1. The molecule has 1 unspecified atom stereocenters. The van der Waals surface area contributed by atoms with Crippen molar-refractivity contribution < 1.29 is 4.74 Å². The first-order valence-corrected chi connectivity index (χ1v) is 12.8. The van der Waals surface area contributed by atoms with E-state index in [4.69, 9.17) is 21.3 Å². The molecule has 0 saturated carbocycles. The molecule has 7 heteroatoms. The Balaban J connectivity index is 1.38. The zero-order valence-corrected chi connectivity index (χ0v) is 21.3. The Labute approximate surface area is 215 Å². The first-order valence-electron chi connectivity index (χ1n) is 11.6. The van der Waals surface area contributed by atoms with Crippen molar-refractivity contribution in [3.05, 3.63) is 101 Å². The molecular weight excluding hydrogens is 476 g/mol. The summed E-state index contributed by atoms with van der Waals surface area (Å²) < 4.78 is 5.30. The molecule has 35 heavy (non-hydrogen) atoms. The molecular formula is C28H27ClN4OS. The van der Waals surface area contributed by atoms with Crippen LogP contribution in [0.25, 0.3) is 0 Å². The summed E-state index contributed by atoms with van der Waals surface area (Å²) in [6, 6.07) is 24.7. The fourth-order valence-corrected chi connectivity index (χ4v) is 5.30. The highest BCUT2D eigenvalue weighted by Crippen LogP contribution is 2.39. The van der Waals surface area contributed by atoms with Crippen LogP contribution in [0.3, 0.4) is 0 Å². The molecule has 1 N–H and O–H groups in total. The van der Waals surface area contributed by atoms with Gasteiger partial charge in [-0.05, 0) is 67.4 Å². The van der Waals surface area contributed by atoms with E-state index in [1.807, 2.05) is 49.5 Å². The van der Waals surface area contributed by atoms with Crippen LogP contribution < -0.4 is 15.0 Å². The van der Waals surface area contributed by atoms with Gasteiger partial charge in [-0.1, -0.05) is 47.6 Å². The molecule has 0 fully saturated rings. The van der Waals surface area contributed by atoms with Gasteiger partial charge in [0.15, 0.2) is 0 Å². The highest BCUT2D eigenvalue weighted by atomic mass is 35.5. The van der Waals surface area contributed by atoms with E-state index in [0.29, 0.717) is 0 Å². The molecule has 1 aliphatic heterocycles. The lowest BCUT2D eigenvalue weighted by molar-refractivity contribution is 0.414. The average Bonchev–Trinajstić information content (AvgIpc) is 2.88. The molecule has 0 amide bonds. The third-order valence-electron chi connectivity index (χ3n) is 6.07. The largest absolute Gasteiger partial charge is 0.497 e. The summed E-state index contributed by atoms with van der Waals surface area (Å²) in [6.07, 6.45) is 2.93. The molecule has 4 aromatic rings. The molecule has 5 rings (SSSR count). The van der Waals surface area contributed by atoms with Gasteiger partial charge in [0.05, 0.1) is 13.2 Å². The zero-order chi connectivity index (χ0) is 24.2. The lowest BCUT2D eigenvalue weighted by atomic mass is 9.99. The van der Waals surface area contributed by atoms with Crippen molar-refractivity contribution in [1.82, 2.24) is 9.97 Å². The normalized spacial score (nSPS) is 14.9. The number of hydrogen-bond donors (Lipinski definition) is 1. The van der Waals surface area contributed by atoms with E-state index in [0.717, 1.165) is 58.1 Å². The van der Waals surface area contributed by atoms with Crippen molar-refractivity contribution in [2.75, 3.05) is 23.9 Å². The van der Waals surface area contributed by atoms with E-state index in [1.165, 1.54) is 10.5 Å². The van der Waals surface area contributed by atoms with Crippen molar-refractivity contribution in [3.8, 4) is 5.75 Å². The molecule has 0 saturated heterocycles. The summed E-state index contributed by atoms with van der Waals surface area (Å²) in [7, 11) is 1.69. The second-order valence-electron chi connectivity index (χ2n) is 8.50. The summed E-state index contributed by atoms with van der Waals surface area (Å²) in [5, 5.41) is 4.53. The molecule has 5 nitrogen and oxygen atoms in total. The number of hydrogen-bond acceptors (Lipinski definition) is 6. The second kappa shape index (κ2) is 10.6. The van der Waals surface area contributed by atoms with Crippen LogP contribution in [0, 0.1) is 6.92 Å². The van der Waals surface area contributed by atoms with Gasteiger partial charge in [-0.25, -0.2) is 9.97 Å². The van der Waals surface area contributed by atoms with Gasteiger partial charge >= 0.3 is 0 Å². The SMILES string of the molecule is COc1ccc(CN2CCC(Nc3ccccc3Sc3ccc(Cl)cc3)c3cnc(C)nc32)cc1. The lowest BCUT2D eigenvalue weighted by Gasteiger charge is -2.35. The Morgan fingerprint density at radius 3 is 2.60 bits per heavy atom. The summed E-state index contributed by atoms with van der Waals surface area (Å²) in [5.41, 5.74) is 3.46. The number of aromatic nitrogens is 2. The van der Waals surface area contributed by atoms with Gasteiger partial charge < -0.3 is 15.0 Å². The molecule has 0 bridgehead atoms. The minimum Gasteiger partial charge on any atom is -0.497 e. The number of benzene rings is 3. The number of nitrogens with zero attached hydrogens (tertiary/aromatic N) is 3. The van der Waals surface area contributed by atoms with Crippen LogP contribution in [0.1, 0.15) is 29.4 Å². The zero-order valence-electron chi connectivity index (χ0n) is 19.7. The van der Waals surface area contributed by atoms with Crippen molar-refractivity contribution >= 4 is 34.9 Å². The monoisotopic (exact) mass is 502 g/mol. The van der Waals surface area contributed by atoms with Crippen LogP contribution in [0.4, 0.5) is 11.5 Å². The summed E-state index contributed by atoms with van der Waals surface area (Å²) in [6.45, 7) is 3.64. The minimum absolute atomic E-state index is 0.129. The van der Waals surface area contributed by atoms with Gasteiger partial charge in [-0.15, -0.1) is 0 Å². The smallest absolute Gasteiger partial charge is 0.137 e. The highest BCUT2D eigenvalue weighted by molar-refractivity contribution is 7.99. The van der Waals surface area contributed by atoms with E-state index in [9.17, 15) is 0 Å². The highest BCUT2D eigenvalue weighted by Gasteiger charge is 2.27. The molecule has 0 radical (unpaired) electrons. The van der Waals surface area contributed by atoms with Crippen LogP contribution in [0.15, 0.2) is 88.8 Å². The molecule has 3 aromatic carbocycles. The van der Waals surface area contributed by atoms with Gasteiger partial charge in [0.2, 0.25) is 0 Å². The molecule has 0 aliphatic carbocycles. The van der Waals surface area contributed by atoms with E-state index in [1.54, 1.807) is 18.9 Å². The molecule has 1 atom stereocenters. The van der Waals surface area contributed by atoms with Gasteiger partial charge in [-0.3, -0.25) is 0 Å². The number of halogens is 1. The molecule has 2 heterocycles. The quantitative estimate of drug-likeness (QED) is 0.289. The Hall–Kier alpha value is -3.22. The lowest BCUT2D eigenvalue weighted by Crippen LogP contribution is -2.34. The fourth-order valence-electron chi connectivity index (χ4n) is 4.26. The number of rotatable bonds is 7. The Kier molecular flexibility index (Phi) is 7.11. The van der Waals surface area contributed by atoms with Crippen molar-refractivity contribution in [3.63, 3.8) is 0 Å². The molecule has 1 aliphatic rings. The molecule has 1 aromatic heterocycles. The van der Waals surface area contributed by atoms with Crippen LogP contribution in [0.5, 0.6) is 5.75 Å². The molecule has 178 valence electrons. The van der Waals surface area contributed by atoms with Crippen molar-refractivity contribution in [2.45, 2.75) is 35.7 Å². The van der Waals surface area contributed by atoms with Crippen LogP contribution >= 0.6 is 23.4 Å². The predicted molar refractivity (Wildman–Crippen MR) is 144 cm³/mol. The van der Waals surface area contributed by atoms with Crippen molar-refractivity contribution in [1.29, 1.82) is 0 Å². The number of methoxy groups -OCH3 is 1. The third-order valence-corrected chi connectivity index (χ3v) is 7.41. The minimum atomic E-state index is 0.129. The van der Waals surface area contributed by atoms with Gasteiger partial charge in [-0.2, -0.15) is 0 Å². The second-order valence-corrected chi connectivity index (χ2v) is 10.1. The maximum atomic E-state index is 6.07. The summed E-state index contributed by atoms with van der Waals surface area (Å²) >= 11 is 7.79. The van der Waals surface area contributed by atoms with E-state index in [2.05, 4.69) is 51.6 Å². The Morgan fingerprint density at radius 2 is 1.83 bits per heavy atom. The summed E-state index contributed by atoms with van der Waals surface area (Å²) in [5.74, 6) is 2.65. The standard InChI is InChI=1S/C28H27ClN4OS/c1-19-30-17-24-25(15-16-33(28(24)31-19)18-20-7-11-22(34-2)12-8-20)32-26-5-3-4-6-27(26)35-23-13-9-21(29)10-14-23/h3-14,17,25,32H,15-16,18H2,1-2H3. The van der Waals surface area contributed by atoms with E-state index < -0.39 is 0 Å². The average molecular weight is 503 g/mol. The number of nitrogens with one attached hydrogen (secondary N) is 1. The van der Waals surface area contributed by atoms with Crippen molar-refractivity contribution in [2.24, 2.45) is 0 Å². The molecule has 0 spiro atoms. The summed E-state index contributed by atoms with van der Waals surface area (Å²) in [4.78, 5) is 14.0. The third kappa shape index (κ3) is 5.55. The topological polar surface area (TPSA) is 50.3 Å². The van der Waals surface area contributed by atoms with Gasteiger partial charge in [0.1, 0.15) is 17.4 Å². The van der Waals surface area contributed by atoms with E-state index in [-0.39, 0.29) is 6.04 Å². The predicted octanol–water partition coefficient (Wildman–Crippen LogP) is 7.16.